The van der Waals surface area contributed by atoms with E-state index in [1.54, 1.807) is 7.11 Å². The molecule has 1 aliphatic carbocycles. The van der Waals surface area contributed by atoms with E-state index < -0.39 is 5.41 Å². The van der Waals surface area contributed by atoms with Crippen LogP contribution in [0.2, 0.25) is 0 Å². The number of hydrogen-bond acceptors (Lipinski definition) is 3. The van der Waals surface area contributed by atoms with Gasteiger partial charge in [-0.15, -0.1) is 0 Å². The van der Waals surface area contributed by atoms with E-state index in [-0.39, 0.29) is 24.0 Å². The van der Waals surface area contributed by atoms with Crippen molar-refractivity contribution in [2.75, 3.05) is 13.7 Å². The predicted molar refractivity (Wildman–Crippen MR) is 98.7 cm³/mol. The molecule has 0 unspecified atom stereocenters. The molecule has 1 amide bonds. The van der Waals surface area contributed by atoms with Crippen molar-refractivity contribution in [3.63, 3.8) is 0 Å². The van der Waals surface area contributed by atoms with Gasteiger partial charge in [-0.1, -0.05) is 25.0 Å². The first-order chi connectivity index (χ1) is 11.9. The summed E-state index contributed by atoms with van der Waals surface area (Å²) in [5.74, 6) is 1.22. The van der Waals surface area contributed by atoms with E-state index >= 15 is 0 Å². The van der Waals surface area contributed by atoms with Gasteiger partial charge in [0, 0.05) is 18.5 Å². The molecule has 3 rings (SSSR count). The molecule has 1 saturated heterocycles. The number of carbonyl (C=O) groups excluding carboxylic acids is 1. The van der Waals surface area contributed by atoms with Crippen LogP contribution in [0, 0.1) is 5.92 Å². The maximum absolute atomic E-state index is 13.4. The summed E-state index contributed by atoms with van der Waals surface area (Å²) < 4.78 is 5.23. The lowest BCUT2D eigenvalue weighted by Crippen LogP contribution is -2.50. The predicted octanol–water partition coefficient (Wildman–Crippen LogP) is 3.51. The first kappa shape index (κ1) is 18.2. The van der Waals surface area contributed by atoms with Crippen molar-refractivity contribution in [3.05, 3.63) is 29.8 Å². The molecule has 0 bridgehead atoms. The van der Waals surface area contributed by atoms with Gasteiger partial charge < -0.3 is 14.7 Å². The number of likely N-dealkylation sites (tertiary alicyclic amines) is 1. The van der Waals surface area contributed by atoms with Gasteiger partial charge in [0.2, 0.25) is 5.91 Å². The fourth-order valence-corrected chi connectivity index (χ4v) is 4.57. The minimum Gasteiger partial charge on any atom is -0.497 e. The summed E-state index contributed by atoms with van der Waals surface area (Å²) in [5.41, 5.74) is 0.433. The molecular formula is C21H31NO3. The van der Waals surface area contributed by atoms with Gasteiger partial charge in [0.05, 0.1) is 18.6 Å². The lowest BCUT2D eigenvalue weighted by molar-refractivity contribution is -0.139. The molecule has 4 nitrogen and oxygen atoms in total. The molecule has 1 aromatic carbocycles. The van der Waals surface area contributed by atoms with Crippen LogP contribution in [0.3, 0.4) is 0 Å². The summed E-state index contributed by atoms with van der Waals surface area (Å²) in [7, 11) is 1.65. The van der Waals surface area contributed by atoms with Gasteiger partial charge in [0.25, 0.3) is 0 Å². The van der Waals surface area contributed by atoms with Gasteiger partial charge in [-0.25, -0.2) is 0 Å². The molecule has 1 aliphatic heterocycles. The summed E-state index contributed by atoms with van der Waals surface area (Å²) in [6, 6.07) is 7.99. The van der Waals surface area contributed by atoms with Crippen molar-refractivity contribution in [2.45, 2.75) is 69.9 Å². The lowest BCUT2D eigenvalue weighted by atomic mass is 9.79. The van der Waals surface area contributed by atoms with Gasteiger partial charge in [-0.05, 0) is 57.2 Å². The molecule has 1 N–H and O–H groups in total. The highest BCUT2D eigenvalue weighted by Gasteiger charge is 2.43. The topological polar surface area (TPSA) is 49.8 Å². The third-order valence-corrected chi connectivity index (χ3v) is 6.18. The van der Waals surface area contributed by atoms with Crippen LogP contribution in [0.1, 0.15) is 57.9 Å². The van der Waals surface area contributed by atoms with Gasteiger partial charge in [-0.2, -0.15) is 0 Å². The Morgan fingerprint density at radius 1 is 1.12 bits per heavy atom. The normalized spacial score (nSPS) is 27.4. The smallest absolute Gasteiger partial charge is 0.232 e. The van der Waals surface area contributed by atoms with Crippen molar-refractivity contribution in [2.24, 2.45) is 5.92 Å². The highest BCUT2D eigenvalue weighted by molar-refractivity contribution is 5.88. The highest BCUT2D eigenvalue weighted by atomic mass is 16.5. The van der Waals surface area contributed by atoms with E-state index in [9.17, 15) is 9.90 Å². The van der Waals surface area contributed by atoms with Gasteiger partial charge >= 0.3 is 0 Å². The van der Waals surface area contributed by atoms with Crippen LogP contribution < -0.4 is 4.74 Å². The third-order valence-electron chi connectivity index (χ3n) is 6.18. The molecule has 0 radical (unpaired) electrons. The second-order valence-corrected chi connectivity index (χ2v) is 8.08. The fourth-order valence-electron chi connectivity index (χ4n) is 4.57. The zero-order valence-corrected chi connectivity index (χ0v) is 15.7. The molecule has 0 spiro atoms. The first-order valence-corrected chi connectivity index (χ1v) is 9.59. The lowest BCUT2D eigenvalue weighted by Gasteiger charge is -2.40. The largest absolute Gasteiger partial charge is 0.497 e. The van der Waals surface area contributed by atoms with Crippen LogP contribution in [0.25, 0.3) is 0 Å². The van der Waals surface area contributed by atoms with E-state index in [4.69, 9.17) is 4.74 Å². The van der Waals surface area contributed by atoms with E-state index in [0.29, 0.717) is 0 Å². The summed E-state index contributed by atoms with van der Waals surface area (Å²) in [4.78, 5) is 15.5. The molecule has 3 atom stereocenters. The molecule has 1 aromatic rings. The molecular weight excluding hydrogens is 314 g/mol. The Labute approximate surface area is 151 Å². The van der Waals surface area contributed by atoms with Gasteiger partial charge in [-0.3, -0.25) is 4.79 Å². The summed E-state index contributed by atoms with van der Waals surface area (Å²) in [5, 5.41) is 10.5. The Bertz CT molecular complexity index is 596. The van der Waals surface area contributed by atoms with Crippen LogP contribution in [0.5, 0.6) is 5.75 Å². The number of ether oxygens (including phenoxy) is 1. The standard InChI is InChI=1S/C21H31NO3/c1-21(2,15-10-12-16(25-3)13-11-15)20(24)22-14-6-8-18(22)17-7-4-5-9-19(17)23/h10-13,17-19,23H,4-9,14H2,1-3H3/t17-,18-,19+/m1/s1. The number of carbonyl (C=O) groups is 1. The molecule has 1 heterocycles. The Morgan fingerprint density at radius 2 is 1.80 bits per heavy atom. The fraction of sp³-hybridized carbons (Fsp3) is 0.667. The second kappa shape index (κ2) is 7.36. The van der Waals surface area contributed by atoms with Crippen molar-refractivity contribution in [1.82, 2.24) is 4.90 Å². The molecule has 25 heavy (non-hydrogen) atoms. The first-order valence-electron chi connectivity index (χ1n) is 9.59. The Morgan fingerprint density at radius 3 is 2.44 bits per heavy atom. The third kappa shape index (κ3) is 3.55. The number of amides is 1. The van der Waals surface area contributed by atoms with E-state index in [1.807, 2.05) is 38.1 Å². The van der Waals surface area contributed by atoms with Crippen molar-refractivity contribution in [1.29, 1.82) is 0 Å². The van der Waals surface area contributed by atoms with E-state index in [0.717, 1.165) is 50.0 Å². The number of nitrogens with zero attached hydrogens (tertiary/aromatic N) is 1. The number of hydrogen-bond donors (Lipinski definition) is 1. The van der Waals surface area contributed by atoms with Crippen molar-refractivity contribution >= 4 is 5.91 Å². The van der Waals surface area contributed by atoms with Gasteiger partial charge in [0.15, 0.2) is 0 Å². The van der Waals surface area contributed by atoms with Crippen LogP contribution in [0.4, 0.5) is 0 Å². The highest BCUT2D eigenvalue weighted by Crippen LogP contribution is 2.37. The number of aliphatic hydroxyl groups is 1. The maximum Gasteiger partial charge on any atom is 0.232 e. The van der Waals surface area contributed by atoms with Crippen LogP contribution in [-0.4, -0.2) is 41.7 Å². The summed E-state index contributed by atoms with van der Waals surface area (Å²) >= 11 is 0. The quantitative estimate of drug-likeness (QED) is 0.908. The number of methoxy groups -OCH3 is 1. The minimum absolute atomic E-state index is 0.179. The van der Waals surface area contributed by atoms with E-state index in [2.05, 4.69) is 4.90 Å². The van der Waals surface area contributed by atoms with Gasteiger partial charge in [0.1, 0.15) is 5.75 Å². The second-order valence-electron chi connectivity index (χ2n) is 8.08. The van der Waals surface area contributed by atoms with Crippen LogP contribution >= 0.6 is 0 Å². The van der Waals surface area contributed by atoms with Crippen molar-refractivity contribution < 1.29 is 14.6 Å². The molecule has 4 heteroatoms. The Kier molecular flexibility index (Phi) is 5.38. The zero-order valence-electron chi connectivity index (χ0n) is 15.7. The number of rotatable bonds is 4. The Hall–Kier alpha value is -1.55. The summed E-state index contributed by atoms with van der Waals surface area (Å²) in [6.07, 6.45) is 6.00. The van der Waals surface area contributed by atoms with Crippen LogP contribution in [-0.2, 0) is 10.2 Å². The maximum atomic E-state index is 13.4. The minimum atomic E-state index is -0.575. The molecule has 138 valence electrons. The molecule has 2 aliphatic rings. The zero-order chi connectivity index (χ0) is 18.0. The monoisotopic (exact) mass is 345 g/mol. The molecule has 1 saturated carbocycles. The average molecular weight is 345 g/mol. The van der Waals surface area contributed by atoms with Crippen LogP contribution in [0.15, 0.2) is 24.3 Å². The van der Waals surface area contributed by atoms with Crippen molar-refractivity contribution in [3.8, 4) is 5.75 Å². The average Bonchev–Trinajstić information content (AvgIpc) is 3.10. The molecule has 0 aromatic heterocycles. The Balaban J connectivity index is 1.79. The number of benzene rings is 1. The van der Waals surface area contributed by atoms with E-state index in [1.165, 1.54) is 6.42 Å². The molecule has 2 fully saturated rings. The SMILES string of the molecule is COc1ccc(C(C)(C)C(=O)N2CCC[C@@H]2[C@H]2CCCC[C@@H]2O)cc1. The number of aliphatic hydroxyl groups excluding tert-OH is 1. The summed E-state index contributed by atoms with van der Waals surface area (Å²) in [6.45, 7) is 4.82.